The Morgan fingerprint density at radius 1 is 1.00 bits per heavy atom. The van der Waals surface area contributed by atoms with Crippen LogP contribution in [0.5, 0.6) is 0 Å². The zero-order valence-corrected chi connectivity index (χ0v) is 13.0. The molecule has 2 unspecified atom stereocenters. The van der Waals surface area contributed by atoms with E-state index in [1.807, 2.05) is 0 Å². The summed E-state index contributed by atoms with van der Waals surface area (Å²) < 4.78 is 9.59. The van der Waals surface area contributed by atoms with Gasteiger partial charge in [-0.1, -0.05) is 0 Å². The molecule has 0 aromatic carbocycles. The van der Waals surface area contributed by atoms with Crippen LogP contribution in [-0.4, -0.2) is 30.5 Å². The molecule has 0 saturated carbocycles. The van der Waals surface area contributed by atoms with Crippen molar-refractivity contribution in [3.8, 4) is 0 Å². The Labute approximate surface area is 124 Å². The SMILES string of the molecule is SCS.[CH2-]CC1CO1.[CH2-]CC1CO1.[Y]. The van der Waals surface area contributed by atoms with Crippen LogP contribution >= 0.6 is 25.3 Å². The smallest absolute Gasteiger partial charge is 0.0707 e. The van der Waals surface area contributed by atoms with Crippen molar-refractivity contribution in [3.05, 3.63) is 13.8 Å². The minimum Gasteiger partial charge on any atom is -0.376 e. The molecule has 2 heterocycles. The maximum atomic E-state index is 4.80. The number of ether oxygens (including phenoxy) is 2. The van der Waals surface area contributed by atoms with E-state index >= 15 is 0 Å². The number of hydrogen-bond acceptors (Lipinski definition) is 4. The van der Waals surface area contributed by atoms with Crippen molar-refractivity contribution >= 4 is 25.3 Å². The van der Waals surface area contributed by atoms with E-state index in [0.29, 0.717) is 17.3 Å². The molecule has 2 aliphatic rings. The minimum absolute atomic E-state index is 0. The van der Waals surface area contributed by atoms with Crippen molar-refractivity contribution < 1.29 is 42.2 Å². The fraction of sp³-hybridized carbons (Fsp3) is 0.778. The van der Waals surface area contributed by atoms with Gasteiger partial charge in [0.15, 0.2) is 0 Å². The number of thiol groups is 2. The minimum atomic E-state index is 0. The third kappa shape index (κ3) is 16.2. The van der Waals surface area contributed by atoms with Gasteiger partial charge in [-0.05, 0) is 0 Å². The van der Waals surface area contributed by atoms with Crippen LogP contribution in [0.3, 0.4) is 0 Å². The van der Waals surface area contributed by atoms with Gasteiger partial charge in [-0.2, -0.15) is 38.1 Å². The average molecular weight is 311 g/mol. The van der Waals surface area contributed by atoms with E-state index in [4.69, 9.17) is 9.47 Å². The number of rotatable bonds is 2. The van der Waals surface area contributed by atoms with Gasteiger partial charge < -0.3 is 23.3 Å². The van der Waals surface area contributed by atoms with Crippen LogP contribution in [0.1, 0.15) is 12.8 Å². The van der Waals surface area contributed by atoms with E-state index in [1.54, 1.807) is 0 Å². The quantitative estimate of drug-likeness (QED) is 0.353. The van der Waals surface area contributed by atoms with Gasteiger partial charge in [0.25, 0.3) is 0 Å². The van der Waals surface area contributed by atoms with Crippen LogP contribution in [0.15, 0.2) is 0 Å². The molecule has 83 valence electrons. The molecule has 14 heavy (non-hydrogen) atoms. The number of epoxide rings is 2. The Morgan fingerprint density at radius 3 is 1.21 bits per heavy atom. The molecule has 0 aromatic rings. The summed E-state index contributed by atoms with van der Waals surface area (Å²) in [5.41, 5.74) is 0. The molecule has 2 saturated heterocycles. The summed E-state index contributed by atoms with van der Waals surface area (Å²) in [6.07, 6.45) is 2.94. The topological polar surface area (TPSA) is 25.1 Å². The predicted octanol–water partition coefficient (Wildman–Crippen LogP) is 2.02. The Bertz CT molecular complexity index is 97.0. The van der Waals surface area contributed by atoms with Gasteiger partial charge in [0.1, 0.15) is 0 Å². The van der Waals surface area contributed by atoms with E-state index in [0.717, 1.165) is 26.1 Å². The van der Waals surface area contributed by atoms with Gasteiger partial charge in [-0.15, -0.1) is 0 Å². The van der Waals surface area contributed by atoms with Crippen molar-refractivity contribution in [3.63, 3.8) is 0 Å². The van der Waals surface area contributed by atoms with Gasteiger partial charge in [-0.25, -0.2) is 0 Å². The fourth-order valence-electron chi connectivity index (χ4n) is 0.469. The summed E-state index contributed by atoms with van der Waals surface area (Å²) in [4.78, 5) is 0. The fourth-order valence-corrected chi connectivity index (χ4v) is 0.469. The Kier molecular flexibility index (Phi) is 16.5. The molecule has 0 amide bonds. The van der Waals surface area contributed by atoms with Crippen molar-refractivity contribution in [2.24, 2.45) is 0 Å². The molecular weight excluding hydrogens is 293 g/mol. The summed E-state index contributed by atoms with van der Waals surface area (Å²) in [6.45, 7) is 9.14. The zero-order chi connectivity index (χ0) is 10.1. The van der Waals surface area contributed by atoms with Gasteiger partial charge in [0, 0.05) is 37.8 Å². The average Bonchev–Trinajstić information content (AvgIpc) is 3.02. The molecule has 0 N–H and O–H groups in total. The molecule has 2 rings (SSSR count). The van der Waals surface area contributed by atoms with Gasteiger partial charge in [0.2, 0.25) is 0 Å². The zero-order valence-electron chi connectivity index (χ0n) is 8.39. The third-order valence-electron chi connectivity index (χ3n) is 1.45. The summed E-state index contributed by atoms with van der Waals surface area (Å²) >= 11 is 7.31. The predicted molar refractivity (Wildman–Crippen MR) is 62.3 cm³/mol. The van der Waals surface area contributed by atoms with Gasteiger partial charge >= 0.3 is 0 Å². The van der Waals surface area contributed by atoms with Crippen LogP contribution in [0.25, 0.3) is 0 Å². The largest absolute Gasteiger partial charge is 0.376 e. The molecular formula is C9H18O2S2Y-2. The van der Waals surface area contributed by atoms with Gasteiger partial charge in [-0.3, -0.25) is 0 Å². The first-order chi connectivity index (χ1) is 6.28. The molecule has 0 aliphatic carbocycles. The van der Waals surface area contributed by atoms with E-state index < -0.39 is 0 Å². The van der Waals surface area contributed by atoms with Crippen LogP contribution < -0.4 is 0 Å². The van der Waals surface area contributed by atoms with Crippen LogP contribution in [0.2, 0.25) is 0 Å². The molecule has 0 bridgehead atoms. The normalized spacial score (nSPS) is 25.7. The van der Waals surface area contributed by atoms with Crippen molar-refractivity contribution in [1.82, 2.24) is 0 Å². The number of hydrogen-bond donors (Lipinski definition) is 2. The van der Waals surface area contributed by atoms with E-state index in [-0.39, 0.29) is 32.7 Å². The van der Waals surface area contributed by atoms with Crippen molar-refractivity contribution in [2.45, 2.75) is 25.0 Å². The molecule has 2 nitrogen and oxygen atoms in total. The van der Waals surface area contributed by atoms with E-state index in [2.05, 4.69) is 39.1 Å². The van der Waals surface area contributed by atoms with Crippen LogP contribution in [0.4, 0.5) is 0 Å². The summed E-state index contributed by atoms with van der Waals surface area (Å²) in [6, 6.07) is 0. The van der Waals surface area contributed by atoms with Crippen LogP contribution in [0, 0.1) is 13.8 Å². The third-order valence-corrected chi connectivity index (χ3v) is 1.45. The first-order valence-electron chi connectivity index (χ1n) is 4.31. The van der Waals surface area contributed by atoms with Gasteiger partial charge in [0.05, 0.1) is 25.4 Å². The van der Waals surface area contributed by atoms with E-state index in [9.17, 15) is 0 Å². The first kappa shape index (κ1) is 18.1. The Morgan fingerprint density at radius 2 is 1.21 bits per heavy atom. The van der Waals surface area contributed by atoms with Crippen LogP contribution in [-0.2, 0) is 42.2 Å². The molecule has 0 aromatic heterocycles. The molecule has 2 fully saturated rings. The summed E-state index contributed by atoms with van der Waals surface area (Å²) in [7, 11) is 0. The molecule has 2 aliphatic heterocycles. The Balaban J connectivity index is 0. The van der Waals surface area contributed by atoms with Crippen molar-refractivity contribution in [1.29, 1.82) is 0 Å². The molecule has 2 atom stereocenters. The summed E-state index contributed by atoms with van der Waals surface area (Å²) in [5.74, 6) is 0. The second-order valence-electron chi connectivity index (χ2n) is 2.63. The molecule has 0 spiro atoms. The Hall–Kier alpha value is 1.72. The maximum absolute atomic E-state index is 4.80. The summed E-state index contributed by atoms with van der Waals surface area (Å²) in [5, 5.41) is 0.639. The van der Waals surface area contributed by atoms with Crippen molar-refractivity contribution in [2.75, 3.05) is 18.3 Å². The molecule has 1 radical (unpaired) electrons. The first-order valence-corrected chi connectivity index (χ1v) is 5.58. The second kappa shape index (κ2) is 12.8. The monoisotopic (exact) mass is 311 g/mol. The molecule has 5 heteroatoms. The maximum Gasteiger partial charge on any atom is 0.0707 e. The second-order valence-corrected chi connectivity index (χ2v) is 3.76. The standard InChI is InChI=1S/2C4H7O.CH4S2.Y/c2*1-2-4-3-5-4;2-1-3;/h2*4H,1-3H2;2-3H,1H2;/q2*-1;;. The van der Waals surface area contributed by atoms with E-state index in [1.165, 1.54) is 0 Å².